The van der Waals surface area contributed by atoms with Crippen molar-refractivity contribution in [1.29, 1.82) is 0 Å². The van der Waals surface area contributed by atoms with Gasteiger partial charge in [-0.3, -0.25) is 15.0 Å². The Labute approximate surface area is 127 Å². The van der Waals surface area contributed by atoms with Crippen LogP contribution in [0.15, 0.2) is 48.8 Å². The Morgan fingerprint density at radius 1 is 1.14 bits per heavy atom. The minimum Gasteiger partial charge on any atom is -0.497 e. The quantitative estimate of drug-likeness (QED) is 0.319. The average Bonchev–Trinajstić information content (AvgIpc) is 2.55. The van der Waals surface area contributed by atoms with Crippen LogP contribution in [0.25, 0.3) is 0 Å². The van der Waals surface area contributed by atoms with Crippen molar-refractivity contribution in [1.82, 2.24) is 5.43 Å². The second-order valence-electron chi connectivity index (χ2n) is 4.51. The van der Waals surface area contributed by atoms with Crippen LogP contribution < -0.4 is 25.9 Å². The SMILES string of the molecule is COc1ccc(NC(=O)C[n+]2ccc(C(=O)NN)cc2)cc1. The zero-order valence-corrected chi connectivity index (χ0v) is 12.1. The highest BCUT2D eigenvalue weighted by Gasteiger charge is 2.11. The molecule has 2 rings (SSSR count). The van der Waals surface area contributed by atoms with Crippen molar-refractivity contribution >= 4 is 17.5 Å². The number of ether oxygens (including phenoxy) is 1. The van der Waals surface area contributed by atoms with Crippen LogP contribution in [0.5, 0.6) is 5.75 Å². The molecule has 0 saturated carbocycles. The summed E-state index contributed by atoms with van der Waals surface area (Å²) in [7, 11) is 1.58. The normalized spacial score (nSPS) is 9.91. The number of nitrogens with two attached hydrogens (primary N) is 1. The first-order chi connectivity index (χ1) is 10.6. The van der Waals surface area contributed by atoms with Gasteiger partial charge in [-0.15, -0.1) is 0 Å². The number of nitrogens with zero attached hydrogens (tertiary/aromatic N) is 1. The molecule has 0 bridgehead atoms. The smallest absolute Gasteiger partial charge is 0.290 e. The van der Waals surface area contributed by atoms with Gasteiger partial charge < -0.3 is 10.1 Å². The van der Waals surface area contributed by atoms with Gasteiger partial charge in [0.25, 0.3) is 11.8 Å². The lowest BCUT2D eigenvalue weighted by Gasteiger charge is -2.05. The van der Waals surface area contributed by atoms with Gasteiger partial charge in [-0.1, -0.05) is 0 Å². The van der Waals surface area contributed by atoms with Gasteiger partial charge in [-0.05, 0) is 24.3 Å². The highest BCUT2D eigenvalue weighted by Crippen LogP contribution is 2.14. The van der Waals surface area contributed by atoms with Gasteiger partial charge in [0, 0.05) is 17.8 Å². The minimum absolute atomic E-state index is 0.135. The Morgan fingerprint density at radius 3 is 2.32 bits per heavy atom. The maximum absolute atomic E-state index is 11.9. The molecule has 1 aromatic heterocycles. The van der Waals surface area contributed by atoms with Gasteiger partial charge in [0.05, 0.1) is 12.7 Å². The fourth-order valence-electron chi connectivity index (χ4n) is 1.84. The first kappa shape index (κ1) is 15.5. The van der Waals surface area contributed by atoms with Gasteiger partial charge in [0.1, 0.15) is 5.75 Å². The Balaban J connectivity index is 1.94. The molecule has 0 spiro atoms. The van der Waals surface area contributed by atoms with Crippen LogP contribution >= 0.6 is 0 Å². The lowest BCUT2D eigenvalue weighted by molar-refractivity contribution is -0.684. The fourth-order valence-corrected chi connectivity index (χ4v) is 1.84. The van der Waals surface area contributed by atoms with E-state index in [1.54, 1.807) is 60.5 Å². The van der Waals surface area contributed by atoms with Crippen molar-refractivity contribution < 1.29 is 18.9 Å². The van der Waals surface area contributed by atoms with Crippen LogP contribution in [0, 0.1) is 0 Å². The number of carbonyl (C=O) groups is 2. The maximum atomic E-state index is 11.9. The van der Waals surface area contributed by atoms with Gasteiger partial charge in [-0.2, -0.15) is 4.57 Å². The summed E-state index contributed by atoms with van der Waals surface area (Å²) in [5.41, 5.74) is 3.16. The molecule has 0 aliphatic rings. The summed E-state index contributed by atoms with van der Waals surface area (Å²) in [4.78, 5) is 23.3. The number of anilines is 1. The number of hydrogen-bond donors (Lipinski definition) is 3. The zero-order chi connectivity index (χ0) is 15.9. The Morgan fingerprint density at radius 2 is 1.77 bits per heavy atom. The molecule has 0 saturated heterocycles. The summed E-state index contributed by atoms with van der Waals surface area (Å²) in [6.45, 7) is 0.135. The molecule has 2 amide bonds. The van der Waals surface area contributed by atoms with Crippen LogP contribution in [0.4, 0.5) is 5.69 Å². The molecule has 0 aliphatic carbocycles. The van der Waals surface area contributed by atoms with Crippen LogP contribution in [0.3, 0.4) is 0 Å². The van der Waals surface area contributed by atoms with Crippen LogP contribution in [-0.2, 0) is 11.3 Å². The van der Waals surface area contributed by atoms with Crippen LogP contribution in [0.2, 0.25) is 0 Å². The molecular weight excluding hydrogens is 284 g/mol. The summed E-state index contributed by atoms with van der Waals surface area (Å²) in [6, 6.07) is 10.2. The molecule has 0 aliphatic heterocycles. The number of methoxy groups -OCH3 is 1. The minimum atomic E-state index is -0.380. The number of nitrogens with one attached hydrogen (secondary N) is 2. The molecule has 1 heterocycles. The summed E-state index contributed by atoms with van der Waals surface area (Å²) in [5.74, 6) is 5.22. The molecule has 7 heteroatoms. The highest BCUT2D eigenvalue weighted by molar-refractivity contribution is 5.93. The third kappa shape index (κ3) is 4.03. The summed E-state index contributed by atoms with van der Waals surface area (Å²) < 4.78 is 6.71. The van der Waals surface area contributed by atoms with E-state index >= 15 is 0 Å². The molecule has 7 nitrogen and oxygen atoms in total. The Kier molecular flexibility index (Phi) is 5.05. The number of carbonyl (C=O) groups excluding carboxylic acids is 2. The second-order valence-corrected chi connectivity index (χ2v) is 4.51. The predicted molar refractivity (Wildman–Crippen MR) is 79.9 cm³/mol. The molecule has 4 N–H and O–H groups in total. The second kappa shape index (κ2) is 7.19. The maximum Gasteiger partial charge on any atom is 0.290 e. The van der Waals surface area contributed by atoms with Crippen LogP contribution in [-0.4, -0.2) is 18.9 Å². The van der Waals surface area contributed by atoms with Gasteiger partial charge in [-0.25, -0.2) is 5.84 Å². The molecule has 0 fully saturated rings. The Hall–Kier alpha value is -2.93. The van der Waals surface area contributed by atoms with Crippen molar-refractivity contribution in [2.75, 3.05) is 12.4 Å². The van der Waals surface area contributed by atoms with E-state index < -0.39 is 0 Å². The van der Waals surface area contributed by atoms with E-state index in [1.165, 1.54) is 0 Å². The van der Waals surface area contributed by atoms with Crippen molar-refractivity contribution in [3.8, 4) is 5.75 Å². The summed E-state index contributed by atoms with van der Waals surface area (Å²) in [6.07, 6.45) is 3.27. The van der Waals surface area contributed by atoms with Crippen molar-refractivity contribution in [3.63, 3.8) is 0 Å². The monoisotopic (exact) mass is 301 g/mol. The first-order valence-electron chi connectivity index (χ1n) is 6.56. The lowest BCUT2D eigenvalue weighted by Crippen LogP contribution is -2.40. The Bertz CT molecular complexity index is 653. The van der Waals surface area contributed by atoms with Crippen molar-refractivity contribution in [2.45, 2.75) is 6.54 Å². The third-order valence-electron chi connectivity index (χ3n) is 2.98. The number of rotatable bonds is 5. The van der Waals surface area contributed by atoms with E-state index in [0.717, 1.165) is 5.75 Å². The van der Waals surface area contributed by atoms with E-state index in [0.29, 0.717) is 11.3 Å². The van der Waals surface area contributed by atoms with Gasteiger partial charge in [0.2, 0.25) is 6.54 Å². The van der Waals surface area contributed by atoms with Crippen molar-refractivity contribution in [2.24, 2.45) is 5.84 Å². The molecule has 0 atom stereocenters. The number of hydrazine groups is 1. The van der Waals surface area contributed by atoms with Gasteiger partial charge >= 0.3 is 0 Å². The van der Waals surface area contributed by atoms with E-state index in [1.807, 2.05) is 5.43 Å². The molecule has 0 radical (unpaired) electrons. The largest absolute Gasteiger partial charge is 0.497 e. The number of pyridine rings is 1. The number of hydrogen-bond acceptors (Lipinski definition) is 4. The average molecular weight is 301 g/mol. The summed E-state index contributed by atoms with van der Waals surface area (Å²) in [5, 5.41) is 2.78. The molecule has 1 aromatic carbocycles. The number of benzene rings is 1. The first-order valence-corrected chi connectivity index (χ1v) is 6.56. The predicted octanol–water partition coefficient (Wildman–Crippen LogP) is 0.225. The number of aromatic nitrogens is 1. The van der Waals surface area contributed by atoms with E-state index in [2.05, 4.69) is 5.32 Å². The standard InChI is InChI=1S/C15H16N4O3/c1-22-13-4-2-12(3-5-13)17-14(20)10-19-8-6-11(7-9-19)15(21)18-16/h2-9,16H,10H2,1H3,(H2,17,20,21)/p+1. The van der Waals surface area contributed by atoms with E-state index in [-0.39, 0.29) is 18.4 Å². The number of nitrogen functional groups attached to an aromatic ring is 1. The molecule has 2 aromatic rings. The zero-order valence-electron chi connectivity index (χ0n) is 12.1. The number of amides is 2. The lowest BCUT2D eigenvalue weighted by atomic mass is 10.2. The topological polar surface area (TPSA) is 97.3 Å². The fraction of sp³-hybridized carbons (Fsp3) is 0.133. The summed E-state index contributed by atoms with van der Waals surface area (Å²) >= 11 is 0. The molecule has 114 valence electrons. The van der Waals surface area contributed by atoms with E-state index in [4.69, 9.17) is 10.6 Å². The molecule has 22 heavy (non-hydrogen) atoms. The third-order valence-corrected chi connectivity index (χ3v) is 2.98. The molecule has 0 unspecified atom stereocenters. The van der Waals surface area contributed by atoms with Crippen LogP contribution in [0.1, 0.15) is 10.4 Å². The van der Waals surface area contributed by atoms with Gasteiger partial charge in [0.15, 0.2) is 12.4 Å². The highest BCUT2D eigenvalue weighted by atomic mass is 16.5. The molecular formula is C15H17N4O3+. The van der Waals surface area contributed by atoms with E-state index in [9.17, 15) is 9.59 Å². The van der Waals surface area contributed by atoms with Crippen molar-refractivity contribution in [3.05, 3.63) is 54.4 Å².